The fourth-order valence-corrected chi connectivity index (χ4v) is 2.15. The largest absolute Gasteiger partial charge is 0.371 e. The van der Waals surface area contributed by atoms with Gasteiger partial charge in [0, 0.05) is 12.0 Å². The predicted octanol–water partition coefficient (Wildman–Crippen LogP) is 2.13. The number of hydrogen-bond donors (Lipinski definition) is 0. The predicted molar refractivity (Wildman–Crippen MR) is 49.1 cm³/mol. The Balaban J connectivity index is 2.17. The van der Waals surface area contributed by atoms with Crippen LogP contribution in [0.4, 0.5) is 0 Å². The summed E-state index contributed by atoms with van der Waals surface area (Å²) in [4.78, 5) is 4.18. The molecule has 2 unspecified atom stereocenters. The normalized spacial score (nSPS) is 28.2. The van der Waals surface area contributed by atoms with Crippen LogP contribution in [0.15, 0.2) is 10.9 Å². The number of nitrogens with zero attached hydrogens (tertiary/aromatic N) is 2. The average Bonchev–Trinajstić information content (AvgIpc) is 2.70. The molecule has 1 saturated heterocycles. The molecule has 0 spiro atoms. The van der Waals surface area contributed by atoms with E-state index in [1.165, 1.54) is 0 Å². The first-order valence-electron chi connectivity index (χ1n) is 4.31. The Hall–Kier alpha value is -0.920. The molecule has 0 N–H and O–H groups in total. The molecular formula is C9H10N2OS. The molecule has 2 heterocycles. The highest BCUT2D eigenvalue weighted by atomic mass is 32.1. The highest BCUT2D eigenvalue weighted by molar-refractivity contribution is 7.07. The zero-order chi connectivity index (χ0) is 9.10. The van der Waals surface area contributed by atoms with Crippen molar-refractivity contribution in [1.82, 2.24) is 4.98 Å². The zero-order valence-corrected chi connectivity index (χ0v) is 7.96. The second-order valence-corrected chi connectivity index (χ2v) is 3.80. The lowest BCUT2D eigenvalue weighted by atomic mass is 9.94. The Kier molecular flexibility index (Phi) is 2.57. The molecule has 0 aliphatic carbocycles. The van der Waals surface area contributed by atoms with E-state index in [0.29, 0.717) is 0 Å². The van der Waals surface area contributed by atoms with Gasteiger partial charge in [0.05, 0.1) is 23.2 Å². The molecule has 68 valence electrons. The Morgan fingerprint density at radius 2 is 2.62 bits per heavy atom. The molecule has 1 fully saturated rings. The smallest absolute Gasteiger partial charge is 0.116 e. The van der Waals surface area contributed by atoms with Crippen molar-refractivity contribution in [2.75, 3.05) is 6.61 Å². The van der Waals surface area contributed by atoms with Crippen LogP contribution in [-0.2, 0) is 4.74 Å². The molecule has 3 nitrogen and oxygen atoms in total. The standard InChI is InChI=1S/C9H10N2OS/c10-4-7-2-1-3-12-9(7)8-5-13-6-11-8/h5-7,9H,1-3H2. The van der Waals surface area contributed by atoms with Gasteiger partial charge in [-0.15, -0.1) is 11.3 Å². The third kappa shape index (κ3) is 1.71. The van der Waals surface area contributed by atoms with Crippen molar-refractivity contribution in [2.45, 2.75) is 18.9 Å². The molecule has 2 atom stereocenters. The summed E-state index contributed by atoms with van der Waals surface area (Å²) in [7, 11) is 0. The average molecular weight is 194 g/mol. The Morgan fingerprint density at radius 3 is 3.31 bits per heavy atom. The van der Waals surface area contributed by atoms with Crippen LogP contribution in [0.3, 0.4) is 0 Å². The van der Waals surface area contributed by atoms with Crippen molar-refractivity contribution in [3.8, 4) is 6.07 Å². The van der Waals surface area contributed by atoms with Crippen molar-refractivity contribution in [3.63, 3.8) is 0 Å². The van der Waals surface area contributed by atoms with Gasteiger partial charge in [-0.3, -0.25) is 0 Å². The molecule has 1 aromatic rings. The molecule has 0 saturated carbocycles. The summed E-state index contributed by atoms with van der Waals surface area (Å²) in [6.45, 7) is 0.750. The van der Waals surface area contributed by atoms with Gasteiger partial charge in [0.2, 0.25) is 0 Å². The SMILES string of the molecule is N#CC1CCCOC1c1cscn1. The van der Waals surface area contributed by atoms with Crippen molar-refractivity contribution >= 4 is 11.3 Å². The fraction of sp³-hybridized carbons (Fsp3) is 0.556. The van der Waals surface area contributed by atoms with Crippen LogP contribution in [0, 0.1) is 17.2 Å². The monoisotopic (exact) mass is 194 g/mol. The lowest BCUT2D eigenvalue weighted by molar-refractivity contribution is -0.0124. The second kappa shape index (κ2) is 3.86. The molecule has 2 rings (SSSR count). The van der Waals surface area contributed by atoms with Crippen LogP contribution in [0.1, 0.15) is 24.6 Å². The summed E-state index contributed by atoms with van der Waals surface area (Å²) in [6.07, 6.45) is 1.82. The van der Waals surface area contributed by atoms with E-state index in [1.54, 1.807) is 16.8 Å². The zero-order valence-electron chi connectivity index (χ0n) is 7.14. The first kappa shape index (κ1) is 8.67. The summed E-state index contributed by atoms with van der Waals surface area (Å²) >= 11 is 1.55. The van der Waals surface area contributed by atoms with E-state index >= 15 is 0 Å². The quantitative estimate of drug-likeness (QED) is 0.688. The Morgan fingerprint density at radius 1 is 1.69 bits per heavy atom. The van der Waals surface area contributed by atoms with E-state index < -0.39 is 0 Å². The summed E-state index contributed by atoms with van der Waals surface area (Å²) in [5.41, 5.74) is 2.69. The van der Waals surface area contributed by atoms with Crippen molar-refractivity contribution in [2.24, 2.45) is 5.92 Å². The minimum absolute atomic E-state index is 0.0177. The van der Waals surface area contributed by atoms with Gasteiger partial charge in [-0.25, -0.2) is 4.98 Å². The van der Waals surface area contributed by atoms with E-state index in [9.17, 15) is 0 Å². The van der Waals surface area contributed by atoms with Crippen LogP contribution in [0.25, 0.3) is 0 Å². The number of hydrogen-bond acceptors (Lipinski definition) is 4. The molecule has 1 aliphatic heterocycles. The van der Waals surface area contributed by atoms with Gasteiger partial charge in [0.15, 0.2) is 0 Å². The summed E-state index contributed by atoms with van der Waals surface area (Å²) in [5.74, 6) is -0.0177. The molecule has 1 aliphatic rings. The lowest BCUT2D eigenvalue weighted by Crippen LogP contribution is -2.21. The maximum atomic E-state index is 8.91. The van der Waals surface area contributed by atoms with Crippen LogP contribution < -0.4 is 0 Å². The van der Waals surface area contributed by atoms with Crippen LogP contribution in [0.2, 0.25) is 0 Å². The molecule has 4 heteroatoms. The fourth-order valence-electron chi connectivity index (χ4n) is 1.57. The van der Waals surface area contributed by atoms with Gasteiger partial charge in [-0.05, 0) is 12.8 Å². The highest BCUT2D eigenvalue weighted by Crippen LogP contribution is 2.32. The molecule has 0 aromatic carbocycles. The van der Waals surface area contributed by atoms with E-state index in [4.69, 9.17) is 10.00 Å². The third-order valence-corrected chi connectivity index (χ3v) is 2.84. The van der Waals surface area contributed by atoms with Crippen molar-refractivity contribution in [3.05, 3.63) is 16.6 Å². The summed E-state index contributed by atoms with van der Waals surface area (Å²) in [6, 6.07) is 2.28. The maximum absolute atomic E-state index is 8.91. The molecule has 13 heavy (non-hydrogen) atoms. The first-order chi connectivity index (χ1) is 6.42. The minimum atomic E-state index is -0.0926. The number of nitriles is 1. The Bertz CT molecular complexity index is 304. The van der Waals surface area contributed by atoms with E-state index in [0.717, 1.165) is 25.1 Å². The number of thiazole rings is 1. The minimum Gasteiger partial charge on any atom is -0.371 e. The Labute approximate surface area is 81.0 Å². The topological polar surface area (TPSA) is 45.9 Å². The van der Waals surface area contributed by atoms with Crippen LogP contribution >= 0.6 is 11.3 Å². The highest BCUT2D eigenvalue weighted by Gasteiger charge is 2.28. The molecule has 0 radical (unpaired) electrons. The van der Waals surface area contributed by atoms with Gasteiger partial charge in [0.1, 0.15) is 6.10 Å². The molecule has 0 bridgehead atoms. The van der Waals surface area contributed by atoms with E-state index in [1.807, 2.05) is 5.38 Å². The van der Waals surface area contributed by atoms with Gasteiger partial charge in [0.25, 0.3) is 0 Å². The summed E-state index contributed by atoms with van der Waals surface area (Å²) in [5, 5.41) is 10.9. The molecule has 1 aromatic heterocycles. The summed E-state index contributed by atoms with van der Waals surface area (Å²) < 4.78 is 5.55. The van der Waals surface area contributed by atoms with Gasteiger partial charge < -0.3 is 4.74 Å². The maximum Gasteiger partial charge on any atom is 0.116 e. The number of rotatable bonds is 1. The van der Waals surface area contributed by atoms with Crippen LogP contribution in [-0.4, -0.2) is 11.6 Å². The van der Waals surface area contributed by atoms with Gasteiger partial charge >= 0.3 is 0 Å². The van der Waals surface area contributed by atoms with Gasteiger partial charge in [-0.1, -0.05) is 0 Å². The van der Waals surface area contributed by atoms with Gasteiger partial charge in [-0.2, -0.15) is 5.26 Å². The third-order valence-electron chi connectivity index (χ3n) is 2.23. The number of aromatic nitrogens is 1. The molecular weight excluding hydrogens is 184 g/mol. The first-order valence-corrected chi connectivity index (χ1v) is 5.25. The van der Waals surface area contributed by atoms with E-state index in [-0.39, 0.29) is 12.0 Å². The van der Waals surface area contributed by atoms with Crippen LogP contribution in [0.5, 0.6) is 0 Å². The van der Waals surface area contributed by atoms with Crippen molar-refractivity contribution in [1.29, 1.82) is 5.26 Å². The van der Waals surface area contributed by atoms with E-state index in [2.05, 4.69) is 11.1 Å². The molecule has 0 amide bonds. The van der Waals surface area contributed by atoms with Crippen molar-refractivity contribution < 1.29 is 4.74 Å². The lowest BCUT2D eigenvalue weighted by Gasteiger charge is -2.25. The number of ether oxygens (including phenoxy) is 1. The second-order valence-electron chi connectivity index (χ2n) is 3.08.